The Bertz CT molecular complexity index is 1090. The van der Waals surface area contributed by atoms with Gasteiger partial charge in [-0.2, -0.15) is 5.10 Å². The number of halogens is 4. The van der Waals surface area contributed by atoms with E-state index >= 15 is 0 Å². The van der Waals surface area contributed by atoms with Gasteiger partial charge in [-0.05, 0) is 56.1 Å². The van der Waals surface area contributed by atoms with Crippen molar-refractivity contribution in [2.75, 3.05) is 5.32 Å². The Kier molecular flexibility index (Phi) is 6.50. The third-order valence-corrected chi connectivity index (χ3v) is 5.29. The highest BCUT2D eigenvalue weighted by Gasteiger charge is 2.22. The minimum absolute atomic E-state index is 0.154. The van der Waals surface area contributed by atoms with Crippen molar-refractivity contribution >= 4 is 76.9 Å². The van der Waals surface area contributed by atoms with Crippen LogP contribution in [0.2, 0.25) is 5.02 Å². The van der Waals surface area contributed by atoms with Gasteiger partial charge in [-0.15, -0.1) is 0 Å². The van der Waals surface area contributed by atoms with Crippen molar-refractivity contribution in [3.63, 3.8) is 0 Å². The maximum absolute atomic E-state index is 13.0. The van der Waals surface area contributed by atoms with Gasteiger partial charge in [0.25, 0.3) is 11.8 Å². The molecule has 1 aromatic carbocycles. The molecular formula is C16H10Br3ClN6O2. The van der Waals surface area contributed by atoms with Crippen molar-refractivity contribution in [3.8, 4) is 5.82 Å². The number of amides is 2. The van der Waals surface area contributed by atoms with Crippen LogP contribution in [0.4, 0.5) is 5.69 Å². The molecule has 4 N–H and O–H groups in total. The average molecular weight is 593 g/mol. The van der Waals surface area contributed by atoms with Crippen LogP contribution in [0.25, 0.3) is 5.82 Å². The van der Waals surface area contributed by atoms with Crippen LogP contribution in [0.15, 0.2) is 50.1 Å². The van der Waals surface area contributed by atoms with Gasteiger partial charge in [0.15, 0.2) is 5.82 Å². The maximum Gasteiger partial charge on any atom is 0.274 e. The largest absolute Gasteiger partial charge is 0.319 e. The van der Waals surface area contributed by atoms with Crippen molar-refractivity contribution < 1.29 is 9.59 Å². The Morgan fingerprint density at radius 1 is 1.14 bits per heavy atom. The zero-order valence-electron chi connectivity index (χ0n) is 13.7. The average Bonchev–Trinajstić information content (AvgIpc) is 3.05. The van der Waals surface area contributed by atoms with E-state index in [1.807, 2.05) is 0 Å². The number of nitrogen functional groups attached to an aromatic ring is 1. The van der Waals surface area contributed by atoms with Crippen LogP contribution in [-0.4, -0.2) is 26.6 Å². The zero-order chi connectivity index (χ0) is 20.4. The second kappa shape index (κ2) is 8.70. The van der Waals surface area contributed by atoms with E-state index in [2.05, 4.69) is 68.6 Å². The summed E-state index contributed by atoms with van der Waals surface area (Å²) in [4.78, 5) is 29.3. The van der Waals surface area contributed by atoms with Gasteiger partial charge in [-0.1, -0.05) is 27.5 Å². The van der Waals surface area contributed by atoms with E-state index < -0.39 is 11.8 Å². The lowest BCUT2D eigenvalue weighted by molar-refractivity contribution is 0.0954. The van der Waals surface area contributed by atoms with E-state index in [1.165, 1.54) is 23.0 Å². The fourth-order valence-electron chi connectivity index (χ4n) is 2.34. The summed E-state index contributed by atoms with van der Waals surface area (Å²) in [6.07, 6.45) is 1.54. The monoisotopic (exact) mass is 590 g/mol. The Hall–Kier alpha value is -1.79. The SMILES string of the molecule is NNC(=O)c1cc(Br)cc(Br)c1NC(=O)c1cc(Br)nn1-c1ncccc1Cl. The molecule has 0 fully saturated rings. The van der Waals surface area contributed by atoms with Crippen LogP contribution in [0.1, 0.15) is 20.8 Å². The molecule has 0 saturated heterocycles. The van der Waals surface area contributed by atoms with Gasteiger partial charge in [0.05, 0.1) is 16.3 Å². The van der Waals surface area contributed by atoms with E-state index in [0.29, 0.717) is 18.6 Å². The van der Waals surface area contributed by atoms with Gasteiger partial charge in [0.1, 0.15) is 10.3 Å². The van der Waals surface area contributed by atoms with E-state index in [-0.39, 0.29) is 22.8 Å². The third kappa shape index (κ3) is 4.28. The molecule has 0 spiro atoms. The first-order valence-electron chi connectivity index (χ1n) is 7.49. The summed E-state index contributed by atoms with van der Waals surface area (Å²) in [5, 5.41) is 7.25. The molecule has 12 heteroatoms. The third-order valence-electron chi connectivity index (χ3n) is 3.52. The Morgan fingerprint density at radius 2 is 1.89 bits per heavy atom. The molecule has 0 atom stereocenters. The highest BCUT2D eigenvalue weighted by Crippen LogP contribution is 2.31. The van der Waals surface area contributed by atoms with Crippen molar-refractivity contribution in [1.29, 1.82) is 0 Å². The van der Waals surface area contributed by atoms with Crippen molar-refractivity contribution in [1.82, 2.24) is 20.2 Å². The molecule has 3 aromatic rings. The van der Waals surface area contributed by atoms with E-state index in [0.717, 1.165) is 0 Å². The van der Waals surface area contributed by atoms with Crippen molar-refractivity contribution in [2.24, 2.45) is 5.84 Å². The number of carbonyl (C=O) groups is 2. The summed E-state index contributed by atoms with van der Waals surface area (Å²) >= 11 is 16.1. The van der Waals surface area contributed by atoms with Gasteiger partial charge in [-0.3, -0.25) is 15.0 Å². The normalized spacial score (nSPS) is 10.6. The number of hydrogen-bond donors (Lipinski definition) is 3. The van der Waals surface area contributed by atoms with Gasteiger partial charge in [0.2, 0.25) is 0 Å². The lowest BCUT2D eigenvalue weighted by atomic mass is 10.1. The van der Waals surface area contributed by atoms with Crippen molar-refractivity contribution in [2.45, 2.75) is 0 Å². The highest BCUT2D eigenvalue weighted by atomic mass is 79.9. The minimum atomic E-state index is -0.570. The Labute approximate surface area is 189 Å². The molecule has 0 aliphatic heterocycles. The lowest BCUT2D eigenvalue weighted by Gasteiger charge is -2.14. The standard InChI is InChI=1S/C16H10Br3ClN6O2/c17-7-4-8(15(27)24-21)13(9(18)5-7)23-16(28)11-6-12(19)25-26(11)14-10(20)2-1-3-22-14/h1-6H,21H2,(H,23,28)(H,24,27). The first-order chi connectivity index (χ1) is 13.3. The molecule has 0 bridgehead atoms. The summed E-state index contributed by atoms with van der Waals surface area (Å²) < 4.78 is 2.82. The van der Waals surface area contributed by atoms with Crippen LogP contribution < -0.4 is 16.6 Å². The number of nitrogens with two attached hydrogens (primary N) is 1. The lowest BCUT2D eigenvalue weighted by Crippen LogP contribution is -2.31. The number of carbonyl (C=O) groups excluding carboxylic acids is 2. The molecule has 2 aromatic heterocycles. The first kappa shape index (κ1) is 20.9. The van der Waals surface area contributed by atoms with Crippen LogP contribution in [0.3, 0.4) is 0 Å². The minimum Gasteiger partial charge on any atom is -0.319 e. The van der Waals surface area contributed by atoms with E-state index in [9.17, 15) is 9.59 Å². The number of pyridine rings is 1. The second-order valence-corrected chi connectivity index (χ2v) is 8.30. The number of hydrazine groups is 1. The highest BCUT2D eigenvalue weighted by molar-refractivity contribution is 9.11. The number of anilines is 1. The molecule has 2 amide bonds. The van der Waals surface area contributed by atoms with E-state index in [4.69, 9.17) is 17.4 Å². The first-order valence-corrected chi connectivity index (χ1v) is 10.2. The molecule has 2 heterocycles. The van der Waals surface area contributed by atoms with Crippen LogP contribution >= 0.6 is 59.4 Å². The predicted molar refractivity (Wildman–Crippen MR) is 116 cm³/mol. The summed E-state index contributed by atoms with van der Waals surface area (Å²) in [6.45, 7) is 0. The molecule has 0 aliphatic carbocycles. The van der Waals surface area contributed by atoms with Crippen LogP contribution in [0, 0.1) is 0 Å². The Balaban J connectivity index is 2.05. The number of nitrogens with one attached hydrogen (secondary N) is 2. The quantitative estimate of drug-likeness (QED) is 0.240. The van der Waals surface area contributed by atoms with Gasteiger partial charge in [-0.25, -0.2) is 15.5 Å². The molecule has 144 valence electrons. The number of hydrogen-bond acceptors (Lipinski definition) is 5. The molecule has 8 nitrogen and oxygen atoms in total. The zero-order valence-corrected chi connectivity index (χ0v) is 19.2. The fraction of sp³-hybridized carbons (Fsp3) is 0. The molecule has 0 aliphatic rings. The predicted octanol–water partition coefficient (Wildman–Crippen LogP) is 4.06. The number of benzene rings is 1. The molecule has 3 rings (SSSR count). The molecular weight excluding hydrogens is 583 g/mol. The molecule has 28 heavy (non-hydrogen) atoms. The number of nitrogens with zero attached hydrogens (tertiary/aromatic N) is 3. The summed E-state index contributed by atoms with van der Waals surface area (Å²) in [6, 6.07) is 8.03. The molecule has 0 saturated carbocycles. The van der Waals surface area contributed by atoms with Crippen molar-refractivity contribution in [3.05, 3.63) is 66.4 Å². The topological polar surface area (TPSA) is 115 Å². The molecule has 0 radical (unpaired) electrons. The number of aromatic nitrogens is 3. The maximum atomic E-state index is 13.0. The Morgan fingerprint density at radius 3 is 2.57 bits per heavy atom. The van der Waals surface area contributed by atoms with Gasteiger partial charge >= 0.3 is 0 Å². The van der Waals surface area contributed by atoms with E-state index in [1.54, 1.807) is 18.2 Å². The second-order valence-electron chi connectivity index (χ2n) is 5.31. The van der Waals surface area contributed by atoms with Crippen LogP contribution in [0.5, 0.6) is 0 Å². The molecule has 0 unspecified atom stereocenters. The number of rotatable bonds is 4. The van der Waals surface area contributed by atoms with Gasteiger partial charge < -0.3 is 5.32 Å². The summed E-state index contributed by atoms with van der Waals surface area (Å²) in [5.41, 5.74) is 2.62. The summed E-state index contributed by atoms with van der Waals surface area (Å²) in [7, 11) is 0. The summed E-state index contributed by atoms with van der Waals surface area (Å²) in [5.74, 6) is 4.43. The fourth-order valence-corrected chi connectivity index (χ4v) is 4.25. The smallest absolute Gasteiger partial charge is 0.274 e. The van der Waals surface area contributed by atoms with Crippen LogP contribution in [-0.2, 0) is 0 Å². The van der Waals surface area contributed by atoms with Gasteiger partial charge in [0, 0.05) is 21.2 Å².